The highest BCUT2D eigenvalue weighted by Gasteiger charge is 2.16. The molecule has 3 rings (SSSR count). The van der Waals surface area contributed by atoms with Crippen LogP contribution in [0.1, 0.15) is 12.5 Å². The molecular weight excluding hydrogens is 407 g/mol. The predicted octanol–water partition coefficient (Wildman–Crippen LogP) is 5.70. The van der Waals surface area contributed by atoms with Crippen LogP contribution in [-0.4, -0.2) is 18.2 Å². The second kappa shape index (κ2) is 9.18. The number of rotatable bonds is 7. The fraction of sp³-hybridized carbons (Fsp3) is 0.150. The van der Waals surface area contributed by atoms with Crippen molar-refractivity contribution in [1.29, 1.82) is 0 Å². The van der Waals surface area contributed by atoms with Crippen LogP contribution in [0.2, 0.25) is 15.1 Å². The standard InChI is InChI=1S/C20H17Cl3N2O2/c1-14(25-9-8-24-13-25)20(18-7-4-16(22)12-19(18)23)27-11-10-26-17-5-2-15(21)3-6-17/h2-9,12-13H,10-11H2,1H3/p+1/b20-14-. The highest BCUT2D eigenvalue weighted by molar-refractivity contribution is 6.35. The molecule has 7 heteroatoms. The summed E-state index contributed by atoms with van der Waals surface area (Å²) in [6.07, 6.45) is 5.55. The third-order valence-corrected chi connectivity index (χ3v) is 4.65. The highest BCUT2D eigenvalue weighted by Crippen LogP contribution is 2.30. The van der Waals surface area contributed by atoms with E-state index in [1.807, 2.05) is 48.4 Å². The fourth-order valence-corrected chi connectivity index (χ4v) is 3.12. The summed E-state index contributed by atoms with van der Waals surface area (Å²) in [6, 6.07) is 12.5. The third kappa shape index (κ3) is 5.19. The molecule has 0 aliphatic heterocycles. The Balaban J connectivity index is 1.76. The number of benzene rings is 2. The normalized spacial score (nSPS) is 11.9. The molecule has 140 valence electrons. The molecule has 0 radical (unpaired) electrons. The smallest absolute Gasteiger partial charge is 0.246 e. The second-order valence-corrected chi connectivity index (χ2v) is 6.99. The molecule has 1 heterocycles. The fourth-order valence-electron chi connectivity index (χ4n) is 2.50. The Labute approximate surface area is 172 Å². The lowest BCUT2D eigenvalue weighted by molar-refractivity contribution is -0.579. The Morgan fingerprint density at radius 1 is 1.00 bits per heavy atom. The Kier molecular flexibility index (Phi) is 6.67. The van der Waals surface area contributed by atoms with Crippen LogP contribution < -0.4 is 9.30 Å². The summed E-state index contributed by atoms with van der Waals surface area (Å²) in [5.74, 6) is 1.38. The average Bonchev–Trinajstić information content (AvgIpc) is 3.18. The van der Waals surface area contributed by atoms with Crippen molar-refractivity contribution >= 4 is 46.3 Å². The highest BCUT2D eigenvalue weighted by atomic mass is 35.5. The van der Waals surface area contributed by atoms with Crippen LogP contribution >= 0.6 is 34.8 Å². The van der Waals surface area contributed by atoms with Crippen molar-refractivity contribution in [2.24, 2.45) is 0 Å². The zero-order valence-corrected chi connectivity index (χ0v) is 16.9. The maximum atomic E-state index is 6.39. The summed E-state index contributed by atoms with van der Waals surface area (Å²) in [5, 5.41) is 1.76. The summed E-state index contributed by atoms with van der Waals surface area (Å²) >= 11 is 18.3. The van der Waals surface area contributed by atoms with Crippen molar-refractivity contribution in [2.75, 3.05) is 13.2 Å². The largest absolute Gasteiger partial charge is 0.490 e. The molecule has 0 fully saturated rings. The molecule has 0 atom stereocenters. The number of hydrogen-bond acceptors (Lipinski definition) is 2. The lowest BCUT2D eigenvalue weighted by atomic mass is 10.1. The molecule has 0 amide bonds. The van der Waals surface area contributed by atoms with Crippen LogP contribution in [0.3, 0.4) is 0 Å². The topological polar surface area (TPSA) is 38.1 Å². The number of aromatic nitrogens is 2. The molecule has 1 aromatic heterocycles. The Hall–Kier alpha value is -2.14. The SMILES string of the molecule is C/C(=C(/OCCOc1ccc(Cl)cc1)c1ccc(Cl)cc1Cl)[n+]1cc[nH]c1. The first-order chi connectivity index (χ1) is 13.0. The summed E-state index contributed by atoms with van der Waals surface area (Å²) in [5.41, 5.74) is 1.64. The zero-order valence-electron chi connectivity index (χ0n) is 14.6. The predicted molar refractivity (Wildman–Crippen MR) is 109 cm³/mol. The Bertz CT molecular complexity index is 923. The van der Waals surface area contributed by atoms with Gasteiger partial charge in [-0.05, 0) is 42.5 Å². The van der Waals surface area contributed by atoms with Gasteiger partial charge in [0.1, 0.15) is 37.1 Å². The van der Waals surface area contributed by atoms with Gasteiger partial charge in [-0.2, -0.15) is 0 Å². The number of nitrogens with zero attached hydrogens (tertiary/aromatic N) is 1. The van der Waals surface area contributed by atoms with Crippen molar-refractivity contribution in [3.63, 3.8) is 0 Å². The molecule has 1 N–H and O–H groups in total. The van der Waals surface area contributed by atoms with Gasteiger partial charge in [-0.25, -0.2) is 9.55 Å². The van der Waals surface area contributed by atoms with Crippen LogP contribution in [0.15, 0.2) is 61.2 Å². The number of imidazole rings is 1. The minimum Gasteiger partial charge on any atom is -0.490 e. The summed E-state index contributed by atoms with van der Waals surface area (Å²) < 4.78 is 13.7. The number of H-pyrrole nitrogens is 1. The molecule has 4 nitrogen and oxygen atoms in total. The molecule has 3 aromatic rings. The van der Waals surface area contributed by atoms with Gasteiger partial charge in [0.2, 0.25) is 6.33 Å². The molecule has 0 aliphatic rings. The molecule has 0 saturated carbocycles. The molecular formula is C20H18Cl3N2O2+. The van der Waals surface area contributed by atoms with E-state index in [9.17, 15) is 0 Å². The third-order valence-electron chi connectivity index (χ3n) is 3.85. The van der Waals surface area contributed by atoms with E-state index in [-0.39, 0.29) is 0 Å². The summed E-state index contributed by atoms with van der Waals surface area (Å²) in [7, 11) is 0. The van der Waals surface area contributed by atoms with E-state index in [0.29, 0.717) is 34.0 Å². The van der Waals surface area contributed by atoms with Gasteiger partial charge in [0, 0.05) is 22.5 Å². The van der Waals surface area contributed by atoms with Crippen molar-refractivity contribution in [3.8, 4) is 5.75 Å². The van der Waals surface area contributed by atoms with Gasteiger partial charge < -0.3 is 9.47 Å². The Morgan fingerprint density at radius 2 is 1.74 bits per heavy atom. The first-order valence-corrected chi connectivity index (χ1v) is 9.40. The van der Waals surface area contributed by atoms with Crippen molar-refractivity contribution in [2.45, 2.75) is 6.92 Å². The average molecular weight is 425 g/mol. The van der Waals surface area contributed by atoms with Gasteiger partial charge in [0.05, 0.1) is 5.02 Å². The zero-order chi connectivity index (χ0) is 19.2. The van der Waals surface area contributed by atoms with Crippen LogP contribution in [0.25, 0.3) is 11.5 Å². The first kappa shape index (κ1) is 19.6. The minimum atomic E-state index is 0.346. The minimum absolute atomic E-state index is 0.346. The number of ether oxygens (including phenoxy) is 2. The van der Waals surface area contributed by atoms with Crippen LogP contribution in [0, 0.1) is 0 Å². The summed E-state index contributed by atoms with van der Waals surface area (Å²) in [6.45, 7) is 2.68. The summed E-state index contributed by atoms with van der Waals surface area (Å²) in [4.78, 5) is 3.02. The number of nitrogens with one attached hydrogen (secondary N) is 1. The first-order valence-electron chi connectivity index (χ1n) is 8.26. The van der Waals surface area contributed by atoms with Gasteiger partial charge in [-0.15, -0.1) is 0 Å². The van der Waals surface area contributed by atoms with Crippen molar-refractivity contribution in [3.05, 3.63) is 81.8 Å². The number of allylic oxidation sites excluding steroid dienone is 1. The monoisotopic (exact) mass is 423 g/mol. The van der Waals surface area contributed by atoms with Crippen LogP contribution in [0.5, 0.6) is 5.75 Å². The van der Waals surface area contributed by atoms with Gasteiger partial charge in [-0.3, -0.25) is 0 Å². The van der Waals surface area contributed by atoms with E-state index in [1.165, 1.54) is 0 Å². The van der Waals surface area contributed by atoms with Crippen LogP contribution in [-0.2, 0) is 4.74 Å². The van der Waals surface area contributed by atoms with Crippen molar-refractivity contribution in [1.82, 2.24) is 4.98 Å². The number of hydrogen-bond donors (Lipinski definition) is 1. The van der Waals surface area contributed by atoms with Gasteiger partial charge in [0.25, 0.3) is 0 Å². The van der Waals surface area contributed by atoms with Crippen LogP contribution in [0.4, 0.5) is 0 Å². The Morgan fingerprint density at radius 3 is 2.41 bits per heavy atom. The van der Waals surface area contributed by atoms with E-state index in [2.05, 4.69) is 4.98 Å². The second-order valence-electron chi connectivity index (χ2n) is 5.71. The van der Waals surface area contributed by atoms with E-state index >= 15 is 0 Å². The van der Waals surface area contributed by atoms with E-state index < -0.39 is 0 Å². The quantitative estimate of drug-likeness (QED) is 0.300. The van der Waals surface area contributed by atoms with Gasteiger partial charge in [-0.1, -0.05) is 34.8 Å². The molecule has 0 unspecified atom stereocenters. The van der Waals surface area contributed by atoms with E-state index in [0.717, 1.165) is 17.0 Å². The lowest BCUT2D eigenvalue weighted by Crippen LogP contribution is -2.29. The van der Waals surface area contributed by atoms with E-state index in [4.69, 9.17) is 44.3 Å². The molecule has 0 spiro atoms. The van der Waals surface area contributed by atoms with Gasteiger partial charge in [0.15, 0.2) is 5.76 Å². The maximum Gasteiger partial charge on any atom is 0.246 e. The number of aromatic amines is 1. The van der Waals surface area contributed by atoms with Crippen molar-refractivity contribution < 1.29 is 14.0 Å². The molecule has 0 bridgehead atoms. The number of halogens is 3. The molecule has 0 saturated heterocycles. The van der Waals surface area contributed by atoms with E-state index in [1.54, 1.807) is 24.3 Å². The maximum absolute atomic E-state index is 6.39. The molecule has 0 aliphatic carbocycles. The van der Waals surface area contributed by atoms with Gasteiger partial charge >= 0.3 is 0 Å². The molecule has 27 heavy (non-hydrogen) atoms. The lowest BCUT2D eigenvalue weighted by Gasteiger charge is -2.14. The molecule has 2 aromatic carbocycles.